The van der Waals surface area contributed by atoms with Gasteiger partial charge in [-0.1, -0.05) is 40.9 Å². The van der Waals surface area contributed by atoms with E-state index in [2.05, 4.69) is 9.44 Å². The van der Waals surface area contributed by atoms with Crippen LogP contribution < -0.4 is 9.44 Å². The molecule has 0 aliphatic carbocycles. The molecule has 1 aromatic heterocycles. The fourth-order valence-corrected chi connectivity index (χ4v) is 5.73. The molecule has 2 aromatic carbocycles. The van der Waals surface area contributed by atoms with E-state index >= 15 is 0 Å². The van der Waals surface area contributed by atoms with Crippen molar-refractivity contribution in [2.75, 3.05) is 9.44 Å². The number of halogens is 3. The average Bonchev–Trinajstić information content (AvgIpc) is 3.15. The Morgan fingerprint density at radius 1 is 0.750 bits per heavy atom. The standard InChI is InChI=1S/C16H11Cl3N2O4S3/c17-10-3-5-11(6-4-10)27(22,23)20-14-8-12(18)13(19)9-15(14)21-28(24,25)16-2-1-7-26-16/h1-9,20-21H. The van der Waals surface area contributed by atoms with Gasteiger partial charge in [-0.2, -0.15) is 0 Å². The Morgan fingerprint density at radius 2 is 1.29 bits per heavy atom. The van der Waals surface area contributed by atoms with E-state index in [0.29, 0.717) is 5.02 Å². The van der Waals surface area contributed by atoms with Gasteiger partial charge >= 0.3 is 0 Å². The van der Waals surface area contributed by atoms with Gasteiger partial charge in [0, 0.05) is 5.02 Å². The molecule has 0 unspecified atom stereocenters. The molecule has 0 amide bonds. The van der Waals surface area contributed by atoms with Gasteiger partial charge in [0.15, 0.2) is 0 Å². The van der Waals surface area contributed by atoms with Crippen molar-refractivity contribution in [1.29, 1.82) is 0 Å². The fourth-order valence-electron chi connectivity index (χ4n) is 2.14. The molecular formula is C16H11Cl3N2O4S3. The maximum absolute atomic E-state index is 12.7. The van der Waals surface area contributed by atoms with Gasteiger partial charge in [0.2, 0.25) is 0 Å². The van der Waals surface area contributed by atoms with Gasteiger partial charge in [0.1, 0.15) is 4.21 Å². The minimum atomic E-state index is -4.03. The smallest absolute Gasteiger partial charge is 0.271 e. The minimum absolute atomic E-state index is 0.0505. The summed E-state index contributed by atoms with van der Waals surface area (Å²) in [5.74, 6) is 0. The van der Waals surface area contributed by atoms with Gasteiger partial charge in [-0.15, -0.1) is 11.3 Å². The first kappa shape index (κ1) is 21.2. The zero-order valence-electron chi connectivity index (χ0n) is 13.7. The van der Waals surface area contributed by atoms with Crippen molar-refractivity contribution in [1.82, 2.24) is 0 Å². The minimum Gasteiger partial charge on any atom is -0.277 e. The van der Waals surface area contributed by atoms with Crippen molar-refractivity contribution < 1.29 is 16.8 Å². The molecule has 0 fully saturated rings. The second kappa shape index (κ2) is 8.10. The second-order valence-electron chi connectivity index (χ2n) is 5.41. The first-order chi connectivity index (χ1) is 13.1. The molecule has 1 heterocycles. The van der Waals surface area contributed by atoms with Crippen LogP contribution in [-0.4, -0.2) is 16.8 Å². The van der Waals surface area contributed by atoms with Crippen molar-refractivity contribution >= 4 is 77.6 Å². The summed E-state index contributed by atoms with van der Waals surface area (Å²) in [6.45, 7) is 0. The van der Waals surface area contributed by atoms with E-state index in [-0.39, 0.29) is 30.5 Å². The highest BCUT2D eigenvalue weighted by Gasteiger charge is 2.22. The number of benzene rings is 2. The monoisotopic (exact) mass is 496 g/mol. The Morgan fingerprint density at radius 3 is 1.79 bits per heavy atom. The lowest BCUT2D eigenvalue weighted by Gasteiger charge is -2.15. The molecule has 0 atom stereocenters. The van der Waals surface area contributed by atoms with Crippen LogP contribution in [-0.2, 0) is 20.0 Å². The van der Waals surface area contributed by atoms with Gasteiger partial charge < -0.3 is 0 Å². The Kier molecular flexibility index (Phi) is 6.14. The van der Waals surface area contributed by atoms with Crippen LogP contribution in [0.5, 0.6) is 0 Å². The summed E-state index contributed by atoms with van der Waals surface area (Å²) < 4.78 is 55.0. The third-order valence-electron chi connectivity index (χ3n) is 3.43. The summed E-state index contributed by atoms with van der Waals surface area (Å²) in [4.78, 5) is -0.0602. The second-order valence-corrected chi connectivity index (χ2v) is 11.2. The zero-order valence-corrected chi connectivity index (χ0v) is 18.4. The molecule has 0 saturated heterocycles. The van der Waals surface area contributed by atoms with E-state index in [1.807, 2.05) is 0 Å². The van der Waals surface area contributed by atoms with Crippen molar-refractivity contribution in [2.45, 2.75) is 9.10 Å². The van der Waals surface area contributed by atoms with Crippen molar-refractivity contribution in [2.24, 2.45) is 0 Å². The van der Waals surface area contributed by atoms with Gasteiger partial charge in [-0.05, 0) is 47.8 Å². The lowest BCUT2D eigenvalue weighted by molar-refractivity contribution is 0.599. The van der Waals surface area contributed by atoms with Gasteiger partial charge in [0.05, 0.1) is 26.3 Å². The third-order valence-corrected chi connectivity index (χ3v) is 8.55. The Labute approximate surface area is 181 Å². The highest BCUT2D eigenvalue weighted by Crippen LogP contribution is 2.35. The van der Waals surface area contributed by atoms with Gasteiger partial charge in [-0.25, -0.2) is 16.8 Å². The van der Waals surface area contributed by atoms with Crippen molar-refractivity contribution in [3.05, 3.63) is 69.0 Å². The van der Waals surface area contributed by atoms with Crippen LogP contribution >= 0.6 is 46.1 Å². The molecule has 0 bridgehead atoms. The number of rotatable bonds is 6. The fraction of sp³-hybridized carbons (Fsp3) is 0. The van der Waals surface area contributed by atoms with E-state index in [0.717, 1.165) is 11.3 Å². The number of hydrogen-bond donors (Lipinski definition) is 2. The van der Waals surface area contributed by atoms with E-state index in [4.69, 9.17) is 34.8 Å². The molecule has 3 aromatic rings. The summed E-state index contributed by atoms with van der Waals surface area (Å²) in [6.07, 6.45) is 0. The number of anilines is 2. The zero-order chi connectivity index (χ0) is 20.5. The Balaban J connectivity index is 2.01. The van der Waals surface area contributed by atoms with Crippen LogP contribution in [0, 0.1) is 0 Å². The molecule has 0 spiro atoms. The molecule has 0 saturated carbocycles. The SMILES string of the molecule is O=S(=O)(Nc1cc(Cl)c(Cl)cc1NS(=O)(=O)c1cccs1)c1ccc(Cl)cc1. The summed E-state index contributed by atoms with van der Waals surface area (Å²) in [5.41, 5.74) is -0.148. The largest absolute Gasteiger partial charge is 0.277 e. The first-order valence-electron chi connectivity index (χ1n) is 7.42. The average molecular weight is 498 g/mol. The summed E-state index contributed by atoms with van der Waals surface area (Å²) >= 11 is 18.8. The number of sulfonamides is 2. The quantitative estimate of drug-likeness (QED) is 0.483. The Bertz CT molecular complexity index is 1210. The Hall–Kier alpha value is -1.49. The van der Waals surface area contributed by atoms with Gasteiger partial charge in [-0.3, -0.25) is 9.44 Å². The molecule has 0 radical (unpaired) electrons. The van der Waals surface area contributed by atoms with Gasteiger partial charge in [0.25, 0.3) is 20.0 Å². The van der Waals surface area contributed by atoms with Crippen molar-refractivity contribution in [3.63, 3.8) is 0 Å². The molecule has 0 aliphatic rings. The predicted molar refractivity (Wildman–Crippen MR) is 114 cm³/mol. The van der Waals surface area contributed by atoms with E-state index in [9.17, 15) is 16.8 Å². The predicted octanol–water partition coefficient (Wildman–Crippen LogP) is 5.31. The lowest BCUT2D eigenvalue weighted by Crippen LogP contribution is -2.17. The molecule has 2 N–H and O–H groups in total. The van der Waals surface area contributed by atoms with Crippen LogP contribution in [0.2, 0.25) is 15.1 Å². The maximum Gasteiger partial charge on any atom is 0.271 e. The van der Waals surface area contributed by atoms with Crippen LogP contribution in [0.4, 0.5) is 11.4 Å². The highest BCUT2D eigenvalue weighted by atomic mass is 35.5. The first-order valence-corrected chi connectivity index (χ1v) is 12.4. The maximum atomic E-state index is 12.7. The van der Waals surface area contributed by atoms with Crippen LogP contribution in [0.25, 0.3) is 0 Å². The summed E-state index contributed by atoms with van der Waals surface area (Å²) in [5, 5.41) is 2.08. The number of hydrogen-bond acceptors (Lipinski definition) is 5. The molecule has 28 heavy (non-hydrogen) atoms. The molecule has 6 nitrogen and oxygen atoms in total. The van der Waals surface area contributed by atoms with Crippen LogP contribution in [0.1, 0.15) is 0 Å². The van der Waals surface area contributed by atoms with Crippen molar-refractivity contribution in [3.8, 4) is 0 Å². The molecular weight excluding hydrogens is 487 g/mol. The summed E-state index contributed by atoms with van der Waals surface area (Å²) in [7, 11) is -7.97. The van der Waals surface area contributed by atoms with E-state index in [1.165, 1.54) is 42.5 Å². The molecule has 12 heteroatoms. The molecule has 148 valence electrons. The topological polar surface area (TPSA) is 92.3 Å². The number of thiophene rings is 1. The highest BCUT2D eigenvalue weighted by molar-refractivity contribution is 7.94. The van der Waals surface area contributed by atoms with E-state index in [1.54, 1.807) is 11.4 Å². The third kappa shape index (κ3) is 4.73. The normalized spacial score (nSPS) is 12.0. The lowest BCUT2D eigenvalue weighted by atomic mass is 10.3. The molecule has 0 aliphatic heterocycles. The number of nitrogens with one attached hydrogen (secondary N) is 2. The summed E-state index contributed by atoms with van der Waals surface area (Å²) in [6, 6.07) is 10.9. The van der Waals surface area contributed by atoms with Crippen LogP contribution in [0.3, 0.4) is 0 Å². The van der Waals surface area contributed by atoms with Crippen LogP contribution in [0.15, 0.2) is 63.0 Å². The van der Waals surface area contributed by atoms with E-state index < -0.39 is 20.0 Å². The molecule has 3 rings (SSSR count).